The molecular weight excluding hydrogens is 304 g/mol. The fourth-order valence-electron chi connectivity index (χ4n) is 6.65. The van der Waals surface area contributed by atoms with Crippen LogP contribution < -0.4 is 10.6 Å². The highest BCUT2D eigenvalue weighted by Gasteiger charge is 2.39. The molecule has 148 valence electrons. The highest BCUT2D eigenvalue weighted by molar-refractivity contribution is 4.98. The first-order chi connectivity index (χ1) is 11.2. The molecule has 0 aromatic rings. The Labute approximate surface area is 158 Å². The van der Waals surface area contributed by atoms with Crippen LogP contribution in [-0.4, -0.2) is 22.2 Å². The number of piperidine rings is 2. The maximum atomic E-state index is 3.83. The first-order valence-corrected chi connectivity index (χ1v) is 10.8. The molecule has 2 aliphatic rings. The predicted molar refractivity (Wildman–Crippen MR) is 111 cm³/mol. The van der Waals surface area contributed by atoms with Crippen LogP contribution in [0.4, 0.5) is 0 Å². The summed E-state index contributed by atoms with van der Waals surface area (Å²) in [7, 11) is 0. The number of nitrogens with one attached hydrogen (secondary N) is 2. The van der Waals surface area contributed by atoms with E-state index in [1.807, 2.05) is 0 Å². The van der Waals surface area contributed by atoms with Crippen LogP contribution in [0.5, 0.6) is 0 Å². The van der Waals surface area contributed by atoms with Gasteiger partial charge >= 0.3 is 0 Å². The average Bonchev–Trinajstić information content (AvgIpc) is 2.28. The molecule has 2 fully saturated rings. The molecule has 0 aromatic heterocycles. The summed E-state index contributed by atoms with van der Waals surface area (Å²) in [4.78, 5) is 0. The second kappa shape index (κ2) is 7.15. The molecule has 2 nitrogen and oxygen atoms in total. The van der Waals surface area contributed by atoms with Gasteiger partial charge in [-0.25, -0.2) is 0 Å². The van der Waals surface area contributed by atoms with E-state index in [1.165, 1.54) is 44.9 Å². The molecule has 0 aromatic carbocycles. The summed E-state index contributed by atoms with van der Waals surface area (Å²) in [6.07, 6.45) is 9.54. The average molecular weight is 351 g/mol. The lowest BCUT2D eigenvalue weighted by Gasteiger charge is -2.48. The van der Waals surface area contributed by atoms with E-state index < -0.39 is 0 Å². The second-order valence-electron chi connectivity index (χ2n) is 12.3. The van der Waals surface area contributed by atoms with Gasteiger partial charge in [0.15, 0.2) is 0 Å². The Morgan fingerprint density at radius 1 is 0.680 bits per heavy atom. The Hall–Kier alpha value is -0.0800. The maximum absolute atomic E-state index is 3.83. The molecule has 2 heteroatoms. The minimum atomic E-state index is 0.287. The lowest BCUT2D eigenvalue weighted by atomic mass is 9.71. The predicted octanol–water partition coefficient (Wildman–Crippen LogP) is 5.91. The smallest absolute Gasteiger partial charge is 0.0132 e. The molecule has 0 amide bonds. The van der Waals surface area contributed by atoms with Crippen molar-refractivity contribution in [2.45, 2.75) is 129 Å². The highest BCUT2D eigenvalue weighted by Crippen LogP contribution is 2.39. The van der Waals surface area contributed by atoms with Crippen LogP contribution in [0.1, 0.15) is 107 Å². The van der Waals surface area contributed by atoms with Gasteiger partial charge in [0, 0.05) is 22.2 Å². The zero-order valence-corrected chi connectivity index (χ0v) is 18.7. The van der Waals surface area contributed by atoms with Crippen molar-refractivity contribution in [2.75, 3.05) is 0 Å². The summed E-state index contributed by atoms with van der Waals surface area (Å²) in [5.41, 5.74) is 1.15. The minimum Gasteiger partial charge on any atom is -0.307 e. The lowest BCUT2D eigenvalue weighted by Crippen LogP contribution is -2.58. The van der Waals surface area contributed by atoms with Crippen molar-refractivity contribution in [3.05, 3.63) is 0 Å². The lowest BCUT2D eigenvalue weighted by molar-refractivity contribution is 0.103. The summed E-state index contributed by atoms with van der Waals surface area (Å²) in [6.45, 7) is 21.5. The van der Waals surface area contributed by atoms with Crippen molar-refractivity contribution in [3.8, 4) is 0 Å². The fraction of sp³-hybridized carbons (Fsp3) is 1.00. The topological polar surface area (TPSA) is 24.1 Å². The molecule has 0 saturated carbocycles. The second-order valence-corrected chi connectivity index (χ2v) is 12.3. The summed E-state index contributed by atoms with van der Waals surface area (Å²) >= 11 is 0. The SMILES string of the molecule is CC(CCC1CC(C)(C)NC(C)(C)C1)CC1CC(C)(C)NC(C)(C)C1. The highest BCUT2D eigenvalue weighted by atomic mass is 15.1. The number of rotatable bonds is 5. The molecule has 2 rings (SSSR count). The molecule has 25 heavy (non-hydrogen) atoms. The molecule has 0 spiro atoms. The van der Waals surface area contributed by atoms with E-state index in [1.54, 1.807) is 0 Å². The molecule has 0 radical (unpaired) electrons. The Morgan fingerprint density at radius 3 is 1.44 bits per heavy atom. The van der Waals surface area contributed by atoms with Gasteiger partial charge in [-0.2, -0.15) is 0 Å². The summed E-state index contributed by atoms with van der Waals surface area (Å²) in [6, 6.07) is 0. The zero-order valence-electron chi connectivity index (χ0n) is 18.7. The molecule has 2 aliphatic heterocycles. The normalized spacial score (nSPS) is 30.1. The first kappa shape index (κ1) is 21.2. The van der Waals surface area contributed by atoms with Crippen LogP contribution in [0.15, 0.2) is 0 Å². The zero-order chi connectivity index (χ0) is 19.1. The van der Waals surface area contributed by atoms with Crippen molar-refractivity contribution in [1.29, 1.82) is 0 Å². The monoisotopic (exact) mass is 350 g/mol. The number of hydrogen-bond acceptors (Lipinski definition) is 2. The minimum absolute atomic E-state index is 0.287. The largest absolute Gasteiger partial charge is 0.307 e. The molecule has 1 unspecified atom stereocenters. The third-order valence-corrected chi connectivity index (χ3v) is 6.35. The molecule has 2 heterocycles. The van der Waals surface area contributed by atoms with Gasteiger partial charge in [-0.3, -0.25) is 0 Å². The first-order valence-electron chi connectivity index (χ1n) is 10.8. The van der Waals surface area contributed by atoms with E-state index in [0.29, 0.717) is 11.1 Å². The van der Waals surface area contributed by atoms with E-state index >= 15 is 0 Å². The van der Waals surface area contributed by atoms with E-state index in [2.05, 4.69) is 72.9 Å². The summed E-state index contributed by atoms with van der Waals surface area (Å²) in [5.74, 6) is 2.62. The van der Waals surface area contributed by atoms with Crippen LogP contribution in [0.25, 0.3) is 0 Å². The van der Waals surface area contributed by atoms with Crippen molar-refractivity contribution < 1.29 is 0 Å². The van der Waals surface area contributed by atoms with Gasteiger partial charge in [0.1, 0.15) is 0 Å². The van der Waals surface area contributed by atoms with E-state index in [4.69, 9.17) is 0 Å². The van der Waals surface area contributed by atoms with Gasteiger partial charge in [0.25, 0.3) is 0 Å². The Kier molecular flexibility index (Phi) is 6.07. The quantitative estimate of drug-likeness (QED) is 0.644. The molecular formula is C23H46N2. The molecule has 2 saturated heterocycles. The van der Waals surface area contributed by atoms with Crippen LogP contribution in [0, 0.1) is 17.8 Å². The number of hydrogen-bond donors (Lipinski definition) is 2. The van der Waals surface area contributed by atoms with E-state index in [0.717, 1.165) is 17.8 Å². The summed E-state index contributed by atoms with van der Waals surface area (Å²) < 4.78 is 0. The van der Waals surface area contributed by atoms with Crippen molar-refractivity contribution in [3.63, 3.8) is 0 Å². The van der Waals surface area contributed by atoms with E-state index in [-0.39, 0.29) is 11.1 Å². The van der Waals surface area contributed by atoms with Crippen molar-refractivity contribution in [1.82, 2.24) is 10.6 Å². The van der Waals surface area contributed by atoms with Crippen LogP contribution in [0.2, 0.25) is 0 Å². The third kappa shape index (κ3) is 6.86. The maximum Gasteiger partial charge on any atom is 0.0132 e. The molecule has 0 bridgehead atoms. The van der Waals surface area contributed by atoms with Crippen molar-refractivity contribution >= 4 is 0 Å². The van der Waals surface area contributed by atoms with Crippen LogP contribution in [-0.2, 0) is 0 Å². The third-order valence-electron chi connectivity index (χ3n) is 6.35. The van der Waals surface area contributed by atoms with Gasteiger partial charge in [0.2, 0.25) is 0 Å². The van der Waals surface area contributed by atoms with Gasteiger partial charge in [-0.1, -0.05) is 19.8 Å². The van der Waals surface area contributed by atoms with Crippen LogP contribution >= 0.6 is 0 Å². The van der Waals surface area contributed by atoms with E-state index in [9.17, 15) is 0 Å². The van der Waals surface area contributed by atoms with Crippen LogP contribution in [0.3, 0.4) is 0 Å². The Balaban J connectivity index is 1.83. The van der Waals surface area contributed by atoms with Gasteiger partial charge in [0.05, 0.1) is 0 Å². The Morgan fingerprint density at radius 2 is 1.04 bits per heavy atom. The molecule has 1 atom stereocenters. The van der Waals surface area contributed by atoms with Gasteiger partial charge in [-0.15, -0.1) is 0 Å². The summed E-state index contributed by atoms with van der Waals surface area (Å²) in [5, 5.41) is 7.66. The molecule has 2 N–H and O–H groups in total. The molecule has 0 aliphatic carbocycles. The van der Waals surface area contributed by atoms with Gasteiger partial charge in [-0.05, 0) is 105 Å². The Bertz CT molecular complexity index is 415. The van der Waals surface area contributed by atoms with Crippen molar-refractivity contribution in [2.24, 2.45) is 17.8 Å². The standard InChI is InChI=1S/C23H46N2/c1-17(12-19-15-22(6,7)25-23(8,9)16-19)10-11-18-13-20(2,3)24-21(4,5)14-18/h17-19,24-25H,10-16H2,1-9H3. The van der Waals surface area contributed by atoms with Gasteiger partial charge < -0.3 is 10.6 Å². The fourth-order valence-corrected chi connectivity index (χ4v) is 6.65.